The van der Waals surface area contributed by atoms with E-state index in [2.05, 4.69) is 26.3 Å². The van der Waals surface area contributed by atoms with Gasteiger partial charge < -0.3 is 42.7 Å². The third-order valence-corrected chi connectivity index (χ3v) is 14.1. The van der Waals surface area contributed by atoms with Gasteiger partial charge in [-0.15, -0.1) is 23.7 Å². The Morgan fingerprint density at radius 3 is 2.19 bits per heavy atom. The number of carbonyl (C=O) groups excluding carboxylic acids is 7. The molecule has 374 valence electrons. The Hall–Kier alpha value is -6.21. The van der Waals surface area contributed by atoms with E-state index in [1.54, 1.807) is 16.8 Å². The molecule has 19 heteroatoms. The fourth-order valence-electron chi connectivity index (χ4n) is 9.29. The second-order valence-corrected chi connectivity index (χ2v) is 20.3. The van der Waals surface area contributed by atoms with Crippen LogP contribution in [0.25, 0.3) is 10.4 Å². The topological polar surface area (TPSA) is 259 Å². The summed E-state index contributed by atoms with van der Waals surface area (Å²) >= 11 is 1.56. The molecule has 1 fully saturated rings. The highest BCUT2D eigenvalue weighted by Crippen LogP contribution is 2.39. The number of amides is 7. The highest BCUT2D eigenvalue weighted by atomic mass is 35.5. The maximum absolute atomic E-state index is 14.1. The molecule has 7 rings (SSSR count). The van der Waals surface area contributed by atoms with Crippen LogP contribution in [0.3, 0.4) is 0 Å². The van der Waals surface area contributed by atoms with Crippen molar-refractivity contribution in [1.82, 2.24) is 31.2 Å². The SMILES string of the molecule is Cc1ncsc1-c1ccc(CNC(=O)[C@@H]2C[C@@H](O)CN2C(=O)[C@@H](NC(=O)CCCc2ccc(CNC(=O)[C@H](CCC(N)=O)NC(=O)[C@@H]3Cc4cccc5c4N3C(=O)[C@@H](N)CC5)cc2)C(C)(C)C)cc1.Cl. The Morgan fingerprint density at radius 1 is 0.871 bits per heavy atom. The van der Waals surface area contributed by atoms with Crippen LogP contribution in [0.5, 0.6) is 0 Å². The number of nitrogens with two attached hydrogens (primary N) is 2. The number of para-hydroxylation sites is 1. The molecule has 0 saturated carbocycles. The van der Waals surface area contributed by atoms with Gasteiger partial charge in [0.25, 0.3) is 0 Å². The molecule has 0 bridgehead atoms. The smallest absolute Gasteiger partial charge is 0.246 e. The van der Waals surface area contributed by atoms with E-state index >= 15 is 0 Å². The summed E-state index contributed by atoms with van der Waals surface area (Å²) in [5, 5.41) is 22.1. The molecular weight excluding hydrogens is 934 g/mol. The Morgan fingerprint density at radius 2 is 1.53 bits per heavy atom. The number of hydrogen-bond acceptors (Lipinski definition) is 11. The van der Waals surface area contributed by atoms with E-state index in [1.807, 2.05) is 94.4 Å². The van der Waals surface area contributed by atoms with E-state index in [0.29, 0.717) is 31.4 Å². The minimum atomic E-state index is -1.09. The zero-order chi connectivity index (χ0) is 49.6. The van der Waals surface area contributed by atoms with Crippen molar-refractivity contribution in [1.29, 1.82) is 0 Å². The highest BCUT2D eigenvalue weighted by molar-refractivity contribution is 7.13. The van der Waals surface area contributed by atoms with Crippen LogP contribution < -0.4 is 37.6 Å². The molecule has 6 atom stereocenters. The molecule has 1 aromatic heterocycles. The van der Waals surface area contributed by atoms with Crippen molar-refractivity contribution in [2.75, 3.05) is 11.4 Å². The molecule has 7 amide bonds. The van der Waals surface area contributed by atoms with Gasteiger partial charge in [-0.25, -0.2) is 4.98 Å². The second kappa shape index (κ2) is 23.1. The molecule has 1 saturated heterocycles. The lowest BCUT2D eigenvalue weighted by Gasteiger charge is -2.35. The summed E-state index contributed by atoms with van der Waals surface area (Å²) in [6.45, 7) is 7.83. The van der Waals surface area contributed by atoms with Crippen molar-refractivity contribution in [3.05, 3.63) is 106 Å². The lowest BCUT2D eigenvalue weighted by molar-refractivity contribution is -0.144. The fourth-order valence-corrected chi connectivity index (χ4v) is 10.1. The maximum atomic E-state index is 14.1. The van der Waals surface area contributed by atoms with E-state index in [-0.39, 0.29) is 81.9 Å². The number of hydrogen-bond donors (Lipinski definition) is 7. The molecule has 0 radical (unpaired) electrons. The highest BCUT2D eigenvalue weighted by Gasteiger charge is 2.45. The van der Waals surface area contributed by atoms with E-state index in [0.717, 1.165) is 44.0 Å². The number of aromatic nitrogens is 1. The molecule has 3 aromatic carbocycles. The Balaban J connectivity index is 0.00000804. The zero-order valence-electron chi connectivity index (χ0n) is 40.0. The van der Waals surface area contributed by atoms with Crippen molar-refractivity contribution in [3.63, 3.8) is 0 Å². The Kier molecular flexibility index (Phi) is 17.6. The van der Waals surface area contributed by atoms with Crippen LogP contribution in [0.2, 0.25) is 0 Å². The largest absolute Gasteiger partial charge is 0.391 e. The third kappa shape index (κ3) is 12.8. The van der Waals surface area contributed by atoms with Crippen LogP contribution in [0.15, 0.2) is 72.2 Å². The number of aliphatic hydroxyl groups excluding tert-OH is 1. The lowest BCUT2D eigenvalue weighted by Crippen LogP contribution is -2.57. The summed E-state index contributed by atoms with van der Waals surface area (Å²) in [5.41, 5.74) is 19.8. The van der Waals surface area contributed by atoms with E-state index in [4.69, 9.17) is 11.5 Å². The minimum Gasteiger partial charge on any atom is -0.391 e. The normalized spacial score (nSPS) is 19.3. The van der Waals surface area contributed by atoms with Crippen LogP contribution in [0.1, 0.15) is 92.8 Å². The number of nitrogens with zero attached hydrogens (tertiary/aromatic N) is 3. The van der Waals surface area contributed by atoms with Gasteiger partial charge in [-0.3, -0.25) is 38.5 Å². The van der Waals surface area contributed by atoms with Crippen molar-refractivity contribution in [2.45, 2.75) is 135 Å². The summed E-state index contributed by atoms with van der Waals surface area (Å²) in [6.07, 6.45) is 1.52. The van der Waals surface area contributed by atoms with E-state index in [9.17, 15) is 38.7 Å². The molecule has 9 N–H and O–H groups in total. The van der Waals surface area contributed by atoms with Crippen LogP contribution in [0, 0.1) is 12.3 Å². The van der Waals surface area contributed by atoms with Crippen LogP contribution >= 0.6 is 23.7 Å². The first kappa shape index (κ1) is 53.1. The molecule has 17 nitrogen and oxygen atoms in total. The molecule has 70 heavy (non-hydrogen) atoms. The Labute approximate surface area is 418 Å². The summed E-state index contributed by atoms with van der Waals surface area (Å²) in [7, 11) is 0. The number of primary amides is 1. The maximum Gasteiger partial charge on any atom is 0.246 e. The minimum absolute atomic E-state index is 0. The molecule has 4 aromatic rings. The number of likely N-dealkylation sites (tertiary alicyclic amines) is 1. The molecular formula is C51H64ClN9O8S. The van der Waals surface area contributed by atoms with Gasteiger partial charge in [0.2, 0.25) is 41.4 Å². The van der Waals surface area contributed by atoms with Crippen LogP contribution in [0.4, 0.5) is 5.69 Å². The molecule has 0 unspecified atom stereocenters. The molecule has 4 heterocycles. The number of aryl methyl sites for hydroxylation is 3. The average Bonchev–Trinajstić information content (AvgIpc) is 4.03. The van der Waals surface area contributed by atoms with Gasteiger partial charge in [-0.05, 0) is 77.8 Å². The van der Waals surface area contributed by atoms with Crippen LogP contribution in [-0.4, -0.2) is 99.2 Å². The number of nitrogens with one attached hydrogen (secondary N) is 4. The van der Waals surface area contributed by atoms with Gasteiger partial charge in [0.05, 0.1) is 33.9 Å². The quantitative estimate of drug-likeness (QED) is 0.0766. The first-order valence-electron chi connectivity index (χ1n) is 23.6. The number of benzene rings is 3. The number of aliphatic hydroxyl groups is 1. The number of thiazole rings is 1. The summed E-state index contributed by atoms with van der Waals surface area (Å²) in [4.78, 5) is 102. The first-order valence-corrected chi connectivity index (χ1v) is 24.4. The predicted molar refractivity (Wildman–Crippen MR) is 268 cm³/mol. The summed E-state index contributed by atoms with van der Waals surface area (Å²) in [6, 6.07) is 16.4. The van der Waals surface area contributed by atoms with Crippen LogP contribution in [-0.2, 0) is 65.9 Å². The van der Waals surface area contributed by atoms with Gasteiger partial charge in [0.1, 0.15) is 24.2 Å². The van der Waals surface area contributed by atoms with Gasteiger partial charge in [0, 0.05) is 45.3 Å². The van der Waals surface area contributed by atoms with Gasteiger partial charge in [0.15, 0.2) is 0 Å². The number of β-amino-alcohol motifs (C(OH)–C–C–N with tert-alkyl or cyclic N) is 1. The average molecular weight is 999 g/mol. The zero-order valence-corrected chi connectivity index (χ0v) is 41.6. The number of halogens is 1. The number of carbonyl (C=O) groups is 7. The summed E-state index contributed by atoms with van der Waals surface area (Å²) < 4.78 is 0. The third-order valence-electron chi connectivity index (χ3n) is 13.1. The van der Waals surface area contributed by atoms with Gasteiger partial charge in [-0.1, -0.05) is 87.5 Å². The molecule has 3 aliphatic heterocycles. The molecule has 0 aliphatic carbocycles. The lowest BCUT2D eigenvalue weighted by atomic mass is 9.85. The van der Waals surface area contributed by atoms with Gasteiger partial charge in [-0.2, -0.15) is 0 Å². The predicted octanol–water partition coefficient (Wildman–Crippen LogP) is 3.27. The van der Waals surface area contributed by atoms with Crippen molar-refractivity contribution in [3.8, 4) is 10.4 Å². The monoisotopic (exact) mass is 997 g/mol. The van der Waals surface area contributed by atoms with Crippen molar-refractivity contribution in [2.24, 2.45) is 16.9 Å². The van der Waals surface area contributed by atoms with Crippen molar-refractivity contribution >= 4 is 70.8 Å². The summed E-state index contributed by atoms with van der Waals surface area (Å²) in [5.74, 6) is -3.14. The number of rotatable bonds is 18. The fraction of sp³-hybridized carbons (Fsp3) is 0.451. The Bertz CT molecular complexity index is 2570. The molecule has 0 spiro atoms. The van der Waals surface area contributed by atoms with Gasteiger partial charge >= 0.3 is 0 Å². The number of anilines is 1. The standard InChI is InChI=1S/C51H63N9O8S.ClH/c1-29-44(69-28-56-29)34-17-15-32(16-18-34)26-55-47(65)39-24-36(61)27-59(39)50(68)45(51(2,3)4)58-42(63)10-5-7-30-11-13-31(14-12-30)25-54-46(64)38(21-22-41(53)62)57-48(66)40-23-35-9-6-8-33-19-20-37(52)49(67)60(40)43(33)35;/h6,8-9,11-18,28,36-40,45,61H,5,7,10,19-27,52H2,1-4H3,(H2,53,62)(H,54,64)(H,55,65)(H,57,66)(H,58,63);1H/t36-,37+,38+,39+,40+,45-;/m1./s1. The first-order chi connectivity index (χ1) is 32.9. The second-order valence-electron chi connectivity index (χ2n) is 19.4. The molecule has 3 aliphatic rings. The van der Waals surface area contributed by atoms with E-state index < -0.39 is 65.4 Å². The van der Waals surface area contributed by atoms with Crippen molar-refractivity contribution < 1.29 is 38.7 Å². The van der Waals surface area contributed by atoms with E-state index in [1.165, 1.54) is 9.80 Å².